The van der Waals surface area contributed by atoms with Crippen molar-refractivity contribution in [2.24, 2.45) is 0 Å². The van der Waals surface area contributed by atoms with Gasteiger partial charge in [0.1, 0.15) is 5.69 Å². The van der Waals surface area contributed by atoms with E-state index in [9.17, 15) is 0 Å². The Balaban J connectivity index is 1.45. The summed E-state index contributed by atoms with van der Waals surface area (Å²) >= 11 is 6.34. The lowest BCUT2D eigenvalue weighted by atomic mass is 10.1. The molecule has 6 nitrogen and oxygen atoms in total. The number of aromatic nitrogens is 2. The Hall–Kier alpha value is -2.57. The fraction of sp³-hybridized carbons (Fsp3) is 0.222. The summed E-state index contributed by atoms with van der Waals surface area (Å²) in [5, 5.41) is 4.78. The van der Waals surface area contributed by atoms with Crippen LogP contribution in [0, 0.1) is 0 Å². The average molecular weight is 358 g/mol. The number of hydrogen-bond donors (Lipinski definition) is 0. The zero-order chi connectivity index (χ0) is 17.2. The minimum Gasteiger partial charge on any atom is -0.454 e. The summed E-state index contributed by atoms with van der Waals surface area (Å²) in [4.78, 5) is 6.11. The highest BCUT2D eigenvalue weighted by Crippen LogP contribution is 2.37. The van der Waals surface area contributed by atoms with Gasteiger partial charge in [-0.05, 0) is 30.8 Å². The summed E-state index contributed by atoms with van der Waals surface area (Å²) in [5.74, 6) is 2.20. The molecule has 0 bridgehead atoms. The second kappa shape index (κ2) is 6.74. The van der Waals surface area contributed by atoms with Crippen LogP contribution >= 0.6 is 11.6 Å². The van der Waals surface area contributed by atoms with Gasteiger partial charge in [0, 0.05) is 41.7 Å². The third kappa shape index (κ3) is 3.45. The molecule has 0 radical (unpaired) electrons. The monoisotopic (exact) mass is 357 g/mol. The van der Waals surface area contributed by atoms with Gasteiger partial charge in [-0.2, -0.15) is 0 Å². The Kier molecular flexibility index (Phi) is 4.29. The van der Waals surface area contributed by atoms with E-state index in [1.165, 1.54) is 0 Å². The number of rotatable bonds is 5. The molecular weight excluding hydrogens is 342 g/mol. The van der Waals surface area contributed by atoms with Crippen molar-refractivity contribution in [3.05, 3.63) is 59.1 Å². The zero-order valence-electron chi connectivity index (χ0n) is 13.6. The van der Waals surface area contributed by atoms with Crippen molar-refractivity contribution in [3.63, 3.8) is 0 Å². The number of pyridine rings is 1. The van der Waals surface area contributed by atoms with Gasteiger partial charge >= 0.3 is 0 Å². The van der Waals surface area contributed by atoms with Crippen LogP contribution in [0.15, 0.2) is 47.2 Å². The van der Waals surface area contributed by atoms with Crippen molar-refractivity contribution in [1.82, 2.24) is 15.0 Å². The summed E-state index contributed by atoms with van der Waals surface area (Å²) in [6.45, 7) is 1.50. The van der Waals surface area contributed by atoms with E-state index in [2.05, 4.69) is 15.0 Å². The fourth-order valence-corrected chi connectivity index (χ4v) is 2.95. The Bertz CT molecular complexity index is 883. The lowest BCUT2D eigenvalue weighted by Crippen LogP contribution is -2.17. The van der Waals surface area contributed by atoms with Crippen LogP contribution in [0.4, 0.5) is 0 Å². The SMILES string of the molecule is CN(Cc1cc(-c2ccncc2)no1)Cc1cc2c(cc1Cl)OCO2. The van der Waals surface area contributed by atoms with Gasteiger partial charge < -0.3 is 14.0 Å². The minimum absolute atomic E-state index is 0.237. The fourth-order valence-electron chi connectivity index (χ4n) is 2.74. The summed E-state index contributed by atoms with van der Waals surface area (Å²) in [6.07, 6.45) is 3.47. The summed E-state index contributed by atoms with van der Waals surface area (Å²) in [5.41, 5.74) is 2.75. The lowest BCUT2D eigenvalue weighted by molar-refractivity contribution is 0.174. The smallest absolute Gasteiger partial charge is 0.231 e. The summed E-state index contributed by atoms with van der Waals surface area (Å²) in [6, 6.07) is 9.45. The number of nitrogens with zero attached hydrogens (tertiary/aromatic N) is 3. The molecule has 1 aliphatic rings. The van der Waals surface area contributed by atoms with Crippen LogP contribution in [0.25, 0.3) is 11.3 Å². The molecule has 4 rings (SSSR count). The molecule has 0 aliphatic carbocycles. The van der Waals surface area contributed by atoms with Crippen molar-refractivity contribution in [1.29, 1.82) is 0 Å². The van der Waals surface area contributed by atoms with Crippen LogP contribution < -0.4 is 9.47 Å². The Morgan fingerprint density at radius 1 is 1.08 bits per heavy atom. The Labute approximate surface area is 149 Å². The highest BCUT2D eigenvalue weighted by Gasteiger charge is 2.18. The molecule has 3 aromatic rings. The molecule has 128 valence electrons. The molecule has 0 atom stereocenters. The maximum absolute atomic E-state index is 6.34. The van der Waals surface area contributed by atoms with Gasteiger partial charge in [0.2, 0.25) is 6.79 Å². The van der Waals surface area contributed by atoms with E-state index in [4.69, 9.17) is 25.6 Å². The van der Waals surface area contributed by atoms with E-state index in [0.29, 0.717) is 23.9 Å². The van der Waals surface area contributed by atoms with Crippen molar-refractivity contribution in [2.75, 3.05) is 13.8 Å². The van der Waals surface area contributed by atoms with Gasteiger partial charge in [-0.25, -0.2) is 0 Å². The first-order valence-corrected chi connectivity index (χ1v) is 8.19. The van der Waals surface area contributed by atoms with Gasteiger partial charge in [-0.3, -0.25) is 9.88 Å². The number of hydrogen-bond acceptors (Lipinski definition) is 6. The van der Waals surface area contributed by atoms with Gasteiger partial charge in [0.25, 0.3) is 0 Å². The largest absolute Gasteiger partial charge is 0.454 e. The van der Waals surface area contributed by atoms with E-state index in [1.807, 2.05) is 31.3 Å². The number of fused-ring (bicyclic) bond motifs is 1. The third-order valence-corrected chi connectivity index (χ3v) is 4.29. The Morgan fingerprint density at radius 3 is 2.64 bits per heavy atom. The second-order valence-corrected chi connectivity index (χ2v) is 6.29. The number of ether oxygens (including phenoxy) is 2. The molecule has 0 saturated carbocycles. The third-order valence-electron chi connectivity index (χ3n) is 3.94. The van der Waals surface area contributed by atoms with Crippen LogP contribution in [-0.2, 0) is 13.1 Å². The van der Waals surface area contributed by atoms with Crippen LogP contribution in [0.5, 0.6) is 11.5 Å². The number of halogens is 1. The standard InChI is InChI=1S/C18H16ClN3O3/c1-22(9-13-6-17-18(8-15(13)19)24-11-23-17)10-14-7-16(21-25-14)12-2-4-20-5-3-12/h2-8H,9-11H2,1H3. The first kappa shape index (κ1) is 15.9. The van der Waals surface area contributed by atoms with Gasteiger partial charge in [-0.15, -0.1) is 0 Å². The highest BCUT2D eigenvalue weighted by atomic mass is 35.5. The first-order chi connectivity index (χ1) is 12.2. The lowest BCUT2D eigenvalue weighted by Gasteiger charge is -2.16. The molecule has 7 heteroatoms. The summed E-state index contributed by atoms with van der Waals surface area (Å²) in [7, 11) is 2.00. The maximum atomic E-state index is 6.34. The van der Waals surface area contributed by atoms with Crippen LogP contribution in [0.1, 0.15) is 11.3 Å². The van der Waals surface area contributed by atoms with Crippen molar-refractivity contribution < 1.29 is 14.0 Å². The van der Waals surface area contributed by atoms with E-state index in [0.717, 1.165) is 28.3 Å². The molecule has 0 spiro atoms. The highest BCUT2D eigenvalue weighted by molar-refractivity contribution is 6.31. The minimum atomic E-state index is 0.237. The van der Waals surface area contributed by atoms with E-state index >= 15 is 0 Å². The average Bonchev–Trinajstić information content (AvgIpc) is 3.25. The van der Waals surface area contributed by atoms with Crippen molar-refractivity contribution in [3.8, 4) is 22.8 Å². The maximum Gasteiger partial charge on any atom is 0.231 e. The van der Waals surface area contributed by atoms with Crippen LogP contribution in [-0.4, -0.2) is 28.9 Å². The molecule has 0 saturated heterocycles. The van der Waals surface area contributed by atoms with Crippen molar-refractivity contribution in [2.45, 2.75) is 13.1 Å². The number of benzene rings is 1. The molecule has 0 N–H and O–H groups in total. The van der Waals surface area contributed by atoms with Crippen LogP contribution in [0.2, 0.25) is 5.02 Å². The predicted molar refractivity (Wildman–Crippen MR) is 92.5 cm³/mol. The quantitative estimate of drug-likeness (QED) is 0.693. The van der Waals surface area contributed by atoms with Gasteiger partial charge in [-0.1, -0.05) is 16.8 Å². The van der Waals surface area contributed by atoms with Crippen LogP contribution in [0.3, 0.4) is 0 Å². The Morgan fingerprint density at radius 2 is 1.84 bits per heavy atom. The normalized spacial score (nSPS) is 12.8. The molecule has 1 aliphatic heterocycles. The molecule has 0 amide bonds. The first-order valence-electron chi connectivity index (χ1n) is 7.81. The molecule has 0 unspecified atom stereocenters. The molecule has 25 heavy (non-hydrogen) atoms. The predicted octanol–water partition coefficient (Wildman–Crippen LogP) is 3.75. The molecule has 2 aromatic heterocycles. The van der Waals surface area contributed by atoms with Gasteiger partial charge in [0.15, 0.2) is 17.3 Å². The topological polar surface area (TPSA) is 60.6 Å². The van der Waals surface area contributed by atoms with E-state index in [-0.39, 0.29) is 6.79 Å². The van der Waals surface area contributed by atoms with E-state index in [1.54, 1.807) is 18.5 Å². The van der Waals surface area contributed by atoms with Crippen molar-refractivity contribution >= 4 is 11.6 Å². The zero-order valence-corrected chi connectivity index (χ0v) is 14.4. The molecule has 3 heterocycles. The molecular formula is C18H16ClN3O3. The molecule has 0 fully saturated rings. The second-order valence-electron chi connectivity index (χ2n) is 5.88. The summed E-state index contributed by atoms with van der Waals surface area (Å²) < 4.78 is 16.2. The van der Waals surface area contributed by atoms with Gasteiger partial charge in [0.05, 0.1) is 6.54 Å². The van der Waals surface area contributed by atoms with E-state index < -0.39 is 0 Å². The molecule has 1 aromatic carbocycles.